The normalized spacial score (nSPS) is 11.6. The maximum atomic E-state index is 10.4. The van der Waals surface area contributed by atoms with E-state index in [-0.39, 0.29) is 0 Å². The fourth-order valence-electron chi connectivity index (χ4n) is 2.40. The van der Waals surface area contributed by atoms with Gasteiger partial charge in [-0.15, -0.1) is 0 Å². The second kappa shape index (κ2) is 4.24. The number of hydrogen-bond acceptors (Lipinski definition) is 2. The van der Waals surface area contributed by atoms with E-state index in [1.807, 2.05) is 37.3 Å². The summed E-state index contributed by atoms with van der Waals surface area (Å²) in [7, 11) is 0. The van der Waals surface area contributed by atoms with Crippen LogP contribution in [0.2, 0.25) is 0 Å². The van der Waals surface area contributed by atoms with Crippen molar-refractivity contribution in [3.8, 4) is 0 Å². The largest absolute Gasteiger partial charge is 0.354 e. The number of aromatic nitrogens is 1. The molecular weight excluding hydrogens is 240 g/mol. The maximum Gasteiger partial charge on any atom is 0.235 e. The summed E-state index contributed by atoms with van der Waals surface area (Å²) in [4.78, 5) is 13.3. The minimum absolute atomic E-state index is 0.450. The number of benzene rings is 2. The van der Waals surface area contributed by atoms with Gasteiger partial charge < -0.3 is 4.98 Å². The average molecular weight is 252 g/mol. The van der Waals surface area contributed by atoms with Crippen LogP contribution in [0.3, 0.4) is 0 Å². The fraction of sp³-hybridized carbons (Fsp3) is 0.0667. The predicted octanol–water partition coefficient (Wildman–Crippen LogP) is 3.88. The third-order valence-corrected chi connectivity index (χ3v) is 3.36. The Morgan fingerprint density at radius 3 is 2.74 bits per heavy atom. The molecule has 0 aliphatic carbocycles. The monoisotopic (exact) mass is 252 g/mol. The number of nitrogens with zero attached hydrogens (tertiary/aromatic N) is 1. The lowest BCUT2D eigenvalue weighted by atomic mass is 10.0. The van der Waals surface area contributed by atoms with Gasteiger partial charge in [-0.25, -0.2) is 0 Å². The number of aromatic amines is 1. The average Bonchev–Trinajstić information content (AvgIpc) is 2.77. The van der Waals surface area contributed by atoms with Crippen LogP contribution < -0.4 is 0 Å². The van der Waals surface area contributed by atoms with Gasteiger partial charge in [0.25, 0.3) is 0 Å². The van der Waals surface area contributed by atoms with Crippen LogP contribution in [0.5, 0.6) is 0 Å². The van der Waals surface area contributed by atoms with Gasteiger partial charge in [0.05, 0.1) is 10.4 Å². The van der Waals surface area contributed by atoms with E-state index in [0.29, 0.717) is 0 Å². The van der Waals surface area contributed by atoms with Crippen molar-refractivity contribution in [2.24, 2.45) is 0 Å². The van der Waals surface area contributed by atoms with E-state index in [0.717, 1.165) is 33.7 Å². The highest BCUT2D eigenvalue weighted by molar-refractivity contribution is 6.08. The number of aryl methyl sites for hydroxylation is 1. The molecule has 1 aromatic heterocycles. The molecular formula is C15H12N2O2. The summed E-state index contributed by atoms with van der Waals surface area (Å²) in [6.45, 7) is 1.97. The van der Waals surface area contributed by atoms with Crippen molar-refractivity contribution in [2.45, 2.75) is 6.92 Å². The van der Waals surface area contributed by atoms with E-state index in [9.17, 15) is 10.1 Å². The van der Waals surface area contributed by atoms with Crippen molar-refractivity contribution in [1.82, 2.24) is 4.98 Å². The van der Waals surface area contributed by atoms with Crippen molar-refractivity contribution in [1.29, 1.82) is 0 Å². The molecule has 0 aliphatic heterocycles. The Kier molecular flexibility index (Phi) is 2.56. The van der Waals surface area contributed by atoms with Gasteiger partial charge in [0, 0.05) is 22.4 Å². The lowest BCUT2D eigenvalue weighted by molar-refractivity contribution is -0.400. The van der Waals surface area contributed by atoms with Gasteiger partial charge in [0.2, 0.25) is 6.20 Å². The molecule has 19 heavy (non-hydrogen) atoms. The Labute approximate surface area is 109 Å². The summed E-state index contributed by atoms with van der Waals surface area (Å²) >= 11 is 0. The molecule has 0 saturated carbocycles. The van der Waals surface area contributed by atoms with Crippen molar-refractivity contribution in [3.63, 3.8) is 0 Å². The Morgan fingerprint density at radius 2 is 1.95 bits per heavy atom. The molecule has 2 aromatic carbocycles. The smallest absolute Gasteiger partial charge is 0.235 e. The highest BCUT2D eigenvalue weighted by Crippen LogP contribution is 2.29. The maximum absolute atomic E-state index is 10.4. The van der Waals surface area contributed by atoms with Crippen molar-refractivity contribution in [2.75, 3.05) is 0 Å². The first-order valence-electron chi connectivity index (χ1n) is 5.98. The zero-order valence-corrected chi connectivity index (χ0v) is 10.4. The first kappa shape index (κ1) is 11.5. The van der Waals surface area contributed by atoms with Crippen LogP contribution in [0.15, 0.2) is 42.6 Å². The molecule has 0 spiro atoms. The third kappa shape index (κ3) is 1.87. The Morgan fingerprint density at radius 1 is 1.16 bits per heavy atom. The quantitative estimate of drug-likeness (QED) is 0.555. The van der Waals surface area contributed by atoms with Crippen LogP contribution in [-0.2, 0) is 0 Å². The fourth-order valence-corrected chi connectivity index (χ4v) is 2.40. The first-order chi connectivity index (χ1) is 9.16. The van der Waals surface area contributed by atoms with Gasteiger partial charge >= 0.3 is 0 Å². The molecule has 0 radical (unpaired) electrons. The molecule has 0 bridgehead atoms. The predicted molar refractivity (Wildman–Crippen MR) is 76.6 cm³/mol. The van der Waals surface area contributed by atoms with Crippen LogP contribution in [0, 0.1) is 17.0 Å². The highest BCUT2D eigenvalue weighted by atomic mass is 16.6. The second-order valence-electron chi connectivity index (χ2n) is 4.47. The molecule has 1 N–H and O–H groups in total. The van der Waals surface area contributed by atoms with Gasteiger partial charge in [-0.05, 0) is 24.1 Å². The van der Waals surface area contributed by atoms with Crippen molar-refractivity contribution in [3.05, 3.63) is 63.8 Å². The van der Waals surface area contributed by atoms with Crippen LogP contribution in [0.25, 0.3) is 27.9 Å². The number of hydrogen-bond donors (Lipinski definition) is 1. The van der Waals surface area contributed by atoms with Gasteiger partial charge in [-0.2, -0.15) is 0 Å². The number of nitro groups is 1. The second-order valence-corrected chi connectivity index (χ2v) is 4.47. The van der Waals surface area contributed by atoms with Crippen molar-refractivity contribution >= 4 is 27.9 Å². The number of fused-ring (bicyclic) bond motifs is 3. The molecule has 0 unspecified atom stereocenters. The minimum atomic E-state index is -0.450. The van der Waals surface area contributed by atoms with E-state index in [2.05, 4.69) is 11.1 Å². The van der Waals surface area contributed by atoms with Crippen molar-refractivity contribution < 1.29 is 4.92 Å². The third-order valence-electron chi connectivity index (χ3n) is 3.36. The lowest BCUT2D eigenvalue weighted by Crippen LogP contribution is -1.86. The molecule has 4 heteroatoms. The summed E-state index contributed by atoms with van der Waals surface area (Å²) in [6.07, 6.45) is 2.50. The van der Waals surface area contributed by atoms with E-state index in [1.165, 1.54) is 11.5 Å². The molecule has 0 amide bonds. The Bertz CT molecular complexity index is 815. The minimum Gasteiger partial charge on any atom is -0.354 e. The zero-order valence-electron chi connectivity index (χ0n) is 10.4. The first-order valence-corrected chi connectivity index (χ1v) is 5.98. The van der Waals surface area contributed by atoms with E-state index >= 15 is 0 Å². The summed E-state index contributed by atoms with van der Waals surface area (Å²) in [5.41, 5.74) is 3.99. The van der Waals surface area contributed by atoms with E-state index < -0.39 is 4.92 Å². The standard InChI is InChI=1S/C15H12N2O2/c1-10-11(8-9-17(18)19)6-7-13-12-4-2-3-5-14(12)16-15(10)13/h2-9,16H,1H3. The van der Waals surface area contributed by atoms with Crippen LogP contribution in [0.1, 0.15) is 11.1 Å². The van der Waals surface area contributed by atoms with Crippen LogP contribution in [-0.4, -0.2) is 9.91 Å². The van der Waals surface area contributed by atoms with E-state index in [4.69, 9.17) is 0 Å². The molecule has 94 valence electrons. The SMILES string of the molecule is Cc1c(C=C[N+](=O)[O-])ccc2c1[nH]c1ccccc12. The summed E-state index contributed by atoms with van der Waals surface area (Å²) < 4.78 is 0. The van der Waals surface area contributed by atoms with Crippen LogP contribution in [0.4, 0.5) is 0 Å². The number of rotatable bonds is 2. The highest BCUT2D eigenvalue weighted by Gasteiger charge is 2.08. The topological polar surface area (TPSA) is 58.9 Å². The Balaban J connectivity index is 2.27. The number of nitrogens with one attached hydrogen (secondary N) is 1. The molecule has 0 atom stereocenters. The number of H-pyrrole nitrogens is 1. The van der Waals surface area contributed by atoms with Gasteiger partial charge in [0.15, 0.2) is 0 Å². The van der Waals surface area contributed by atoms with Crippen LogP contribution >= 0.6 is 0 Å². The molecule has 0 saturated heterocycles. The van der Waals surface area contributed by atoms with E-state index in [1.54, 1.807) is 0 Å². The summed E-state index contributed by atoms with van der Waals surface area (Å²) in [5.74, 6) is 0. The lowest BCUT2D eigenvalue weighted by Gasteiger charge is -2.01. The molecule has 3 aromatic rings. The van der Waals surface area contributed by atoms with Gasteiger partial charge in [-0.1, -0.05) is 30.3 Å². The Hall–Kier alpha value is -2.62. The van der Waals surface area contributed by atoms with Gasteiger partial charge in [-0.3, -0.25) is 10.1 Å². The molecule has 1 heterocycles. The molecule has 3 rings (SSSR count). The molecule has 0 fully saturated rings. The molecule has 4 nitrogen and oxygen atoms in total. The number of para-hydroxylation sites is 1. The van der Waals surface area contributed by atoms with Gasteiger partial charge in [0.1, 0.15) is 0 Å². The molecule has 0 aliphatic rings. The summed E-state index contributed by atoms with van der Waals surface area (Å²) in [5, 5.41) is 12.7. The summed E-state index contributed by atoms with van der Waals surface area (Å²) in [6, 6.07) is 12.0. The zero-order chi connectivity index (χ0) is 13.4.